The normalized spacial score (nSPS) is 10.9. The van der Waals surface area contributed by atoms with Gasteiger partial charge in [0.25, 0.3) is 0 Å². The van der Waals surface area contributed by atoms with Crippen molar-refractivity contribution in [1.82, 2.24) is 14.9 Å². The van der Waals surface area contributed by atoms with Gasteiger partial charge >= 0.3 is 0 Å². The van der Waals surface area contributed by atoms with Crippen LogP contribution in [0.2, 0.25) is 5.02 Å². The smallest absolute Gasteiger partial charge is 0.131 e. The second-order valence-electron chi connectivity index (χ2n) is 6.08. The van der Waals surface area contributed by atoms with E-state index in [1.165, 1.54) is 5.56 Å². The largest absolute Gasteiger partial charge is 0.370 e. The van der Waals surface area contributed by atoms with E-state index in [0.717, 1.165) is 55.0 Å². The van der Waals surface area contributed by atoms with Crippen LogP contribution in [0.25, 0.3) is 0 Å². The maximum absolute atomic E-state index is 6.01. The SMILES string of the molecule is Cc1nc(NCCCN(C)C)cc(NCCc2cccc(Cl)c2)n1. The van der Waals surface area contributed by atoms with Gasteiger partial charge in [-0.3, -0.25) is 0 Å². The Hall–Kier alpha value is -1.85. The molecule has 5 nitrogen and oxygen atoms in total. The third-order valence-corrected chi connectivity index (χ3v) is 3.77. The van der Waals surface area contributed by atoms with Crippen molar-refractivity contribution in [3.63, 3.8) is 0 Å². The van der Waals surface area contributed by atoms with Gasteiger partial charge in [0, 0.05) is 24.2 Å². The van der Waals surface area contributed by atoms with Crippen molar-refractivity contribution >= 4 is 23.2 Å². The average molecular weight is 348 g/mol. The van der Waals surface area contributed by atoms with Crippen molar-refractivity contribution in [1.29, 1.82) is 0 Å². The van der Waals surface area contributed by atoms with Crippen molar-refractivity contribution in [2.75, 3.05) is 44.4 Å². The van der Waals surface area contributed by atoms with E-state index in [1.54, 1.807) is 0 Å². The number of nitrogens with zero attached hydrogens (tertiary/aromatic N) is 3. The van der Waals surface area contributed by atoms with Gasteiger partial charge in [-0.25, -0.2) is 9.97 Å². The summed E-state index contributed by atoms with van der Waals surface area (Å²) in [6.07, 6.45) is 1.97. The highest BCUT2D eigenvalue weighted by atomic mass is 35.5. The van der Waals surface area contributed by atoms with E-state index in [4.69, 9.17) is 11.6 Å². The van der Waals surface area contributed by atoms with Gasteiger partial charge in [-0.2, -0.15) is 0 Å². The topological polar surface area (TPSA) is 53.1 Å². The Balaban J connectivity index is 1.84. The van der Waals surface area contributed by atoms with E-state index < -0.39 is 0 Å². The van der Waals surface area contributed by atoms with Gasteiger partial charge < -0.3 is 15.5 Å². The Bertz CT molecular complexity index is 645. The number of hydrogen-bond donors (Lipinski definition) is 2. The van der Waals surface area contributed by atoms with Crippen LogP contribution in [0.1, 0.15) is 17.8 Å². The number of benzene rings is 1. The molecule has 0 saturated carbocycles. The lowest BCUT2D eigenvalue weighted by Crippen LogP contribution is -2.17. The molecule has 0 saturated heterocycles. The van der Waals surface area contributed by atoms with Gasteiger partial charge in [0.2, 0.25) is 0 Å². The molecule has 0 radical (unpaired) electrons. The summed E-state index contributed by atoms with van der Waals surface area (Å²) in [6.45, 7) is 4.67. The van der Waals surface area contributed by atoms with Crippen molar-refractivity contribution in [2.24, 2.45) is 0 Å². The highest BCUT2D eigenvalue weighted by molar-refractivity contribution is 6.30. The second kappa shape index (κ2) is 9.45. The van der Waals surface area contributed by atoms with Gasteiger partial charge in [0.1, 0.15) is 17.5 Å². The number of halogens is 1. The van der Waals surface area contributed by atoms with Gasteiger partial charge in [-0.05, 0) is 58.1 Å². The molecule has 0 amide bonds. The van der Waals surface area contributed by atoms with E-state index in [9.17, 15) is 0 Å². The van der Waals surface area contributed by atoms with Crippen LogP contribution >= 0.6 is 11.6 Å². The van der Waals surface area contributed by atoms with E-state index in [1.807, 2.05) is 31.2 Å². The molecular formula is C18H26ClN5. The monoisotopic (exact) mass is 347 g/mol. The van der Waals surface area contributed by atoms with E-state index >= 15 is 0 Å². The Kier molecular flexibility index (Phi) is 7.28. The van der Waals surface area contributed by atoms with Crippen LogP contribution in [-0.2, 0) is 6.42 Å². The summed E-state index contributed by atoms with van der Waals surface area (Å²) in [5, 5.41) is 7.49. The molecule has 1 aromatic heterocycles. The summed E-state index contributed by atoms with van der Waals surface area (Å²) >= 11 is 6.01. The molecule has 0 bridgehead atoms. The van der Waals surface area contributed by atoms with E-state index in [0.29, 0.717) is 0 Å². The van der Waals surface area contributed by atoms with E-state index in [-0.39, 0.29) is 0 Å². The van der Waals surface area contributed by atoms with Gasteiger partial charge in [0.15, 0.2) is 0 Å². The number of anilines is 2. The summed E-state index contributed by atoms with van der Waals surface area (Å²) in [6, 6.07) is 9.89. The molecule has 0 atom stereocenters. The summed E-state index contributed by atoms with van der Waals surface area (Å²) in [5.74, 6) is 2.48. The van der Waals surface area contributed by atoms with Crippen molar-refractivity contribution in [3.05, 3.63) is 46.7 Å². The zero-order chi connectivity index (χ0) is 17.4. The number of nitrogens with one attached hydrogen (secondary N) is 2. The summed E-state index contributed by atoms with van der Waals surface area (Å²) in [5.41, 5.74) is 1.21. The fourth-order valence-corrected chi connectivity index (χ4v) is 2.60. The van der Waals surface area contributed by atoms with Crippen LogP contribution in [0.5, 0.6) is 0 Å². The fourth-order valence-electron chi connectivity index (χ4n) is 2.39. The molecule has 2 N–H and O–H groups in total. The first-order chi connectivity index (χ1) is 11.5. The molecule has 0 spiro atoms. The average Bonchev–Trinajstić information content (AvgIpc) is 2.51. The van der Waals surface area contributed by atoms with Crippen LogP contribution in [0.3, 0.4) is 0 Å². The number of aromatic nitrogens is 2. The van der Waals surface area contributed by atoms with Gasteiger partial charge in [-0.1, -0.05) is 23.7 Å². The first-order valence-electron chi connectivity index (χ1n) is 8.25. The highest BCUT2D eigenvalue weighted by Gasteiger charge is 2.02. The quantitative estimate of drug-likeness (QED) is 0.680. The Morgan fingerprint density at radius 2 is 1.75 bits per heavy atom. The summed E-state index contributed by atoms with van der Waals surface area (Å²) in [4.78, 5) is 11.1. The lowest BCUT2D eigenvalue weighted by Gasteiger charge is -2.12. The summed E-state index contributed by atoms with van der Waals surface area (Å²) in [7, 11) is 4.16. The molecule has 1 aromatic carbocycles. The first-order valence-corrected chi connectivity index (χ1v) is 8.63. The van der Waals surface area contributed by atoms with Crippen molar-refractivity contribution in [2.45, 2.75) is 19.8 Å². The number of hydrogen-bond acceptors (Lipinski definition) is 5. The second-order valence-corrected chi connectivity index (χ2v) is 6.51. The van der Waals surface area contributed by atoms with Gasteiger partial charge in [0.05, 0.1) is 0 Å². The maximum Gasteiger partial charge on any atom is 0.131 e. The highest BCUT2D eigenvalue weighted by Crippen LogP contribution is 2.13. The molecule has 0 unspecified atom stereocenters. The third kappa shape index (κ3) is 6.72. The first kappa shape index (κ1) is 18.5. The molecule has 0 aliphatic heterocycles. The molecule has 0 aliphatic carbocycles. The number of aryl methyl sites for hydroxylation is 1. The fraction of sp³-hybridized carbons (Fsp3) is 0.444. The lowest BCUT2D eigenvalue weighted by molar-refractivity contribution is 0.405. The Morgan fingerprint density at radius 3 is 2.42 bits per heavy atom. The predicted octanol–water partition coefficient (Wildman–Crippen LogP) is 3.46. The minimum atomic E-state index is 0.762. The standard InChI is InChI=1S/C18H26ClN5/c1-14-22-17(20-9-5-11-24(2)3)13-18(23-14)21-10-8-15-6-4-7-16(19)12-15/h4,6-7,12-13H,5,8-11H2,1-3H3,(H2,20,21,22,23). The zero-order valence-electron chi connectivity index (χ0n) is 14.6. The maximum atomic E-state index is 6.01. The van der Waals surface area contributed by atoms with Crippen LogP contribution in [-0.4, -0.2) is 48.6 Å². The Morgan fingerprint density at radius 1 is 1.04 bits per heavy atom. The van der Waals surface area contributed by atoms with Crippen LogP contribution in [0.4, 0.5) is 11.6 Å². The number of rotatable bonds is 9. The predicted molar refractivity (Wildman–Crippen MR) is 102 cm³/mol. The molecule has 0 aliphatic rings. The minimum Gasteiger partial charge on any atom is -0.370 e. The molecule has 0 fully saturated rings. The molecule has 130 valence electrons. The molecule has 2 rings (SSSR count). The lowest BCUT2D eigenvalue weighted by atomic mass is 10.1. The Labute approximate surface area is 149 Å². The van der Waals surface area contributed by atoms with Gasteiger partial charge in [-0.15, -0.1) is 0 Å². The molecule has 24 heavy (non-hydrogen) atoms. The van der Waals surface area contributed by atoms with Crippen LogP contribution in [0, 0.1) is 6.92 Å². The molecule has 2 aromatic rings. The van der Waals surface area contributed by atoms with E-state index in [2.05, 4.69) is 45.7 Å². The zero-order valence-corrected chi connectivity index (χ0v) is 15.4. The van der Waals surface area contributed by atoms with Crippen LogP contribution < -0.4 is 10.6 Å². The molecule has 1 heterocycles. The molecule has 6 heteroatoms. The summed E-state index contributed by atoms with van der Waals surface area (Å²) < 4.78 is 0. The van der Waals surface area contributed by atoms with Crippen molar-refractivity contribution < 1.29 is 0 Å². The minimum absolute atomic E-state index is 0.762. The third-order valence-electron chi connectivity index (χ3n) is 3.53. The van der Waals surface area contributed by atoms with Crippen LogP contribution in [0.15, 0.2) is 30.3 Å². The molecular weight excluding hydrogens is 322 g/mol. The van der Waals surface area contributed by atoms with Crippen molar-refractivity contribution in [3.8, 4) is 0 Å².